The zero-order chi connectivity index (χ0) is 21.2. The van der Waals surface area contributed by atoms with Crippen molar-refractivity contribution < 1.29 is 13.9 Å². The molecule has 2 aromatic heterocycles. The minimum absolute atomic E-state index is 0.250. The zero-order valence-electron chi connectivity index (χ0n) is 16.9. The molecule has 0 unspecified atom stereocenters. The van der Waals surface area contributed by atoms with Gasteiger partial charge in [-0.1, -0.05) is 11.6 Å². The van der Waals surface area contributed by atoms with Gasteiger partial charge in [-0.05, 0) is 49.8 Å². The summed E-state index contributed by atoms with van der Waals surface area (Å²) in [5.41, 5.74) is 1.78. The van der Waals surface area contributed by atoms with E-state index in [0.717, 1.165) is 44.6 Å². The van der Waals surface area contributed by atoms with Gasteiger partial charge in [0.2, 0.25) is 5.95 Å². The van der Waals surface area contributed by atoms with Crippen LogP contribution in [0.2, 0.25) is 5.02 Å². The lowest BCUT2D eigenvalue weighted by atomic mass is 10.1. The maximum absolute atomic E-state index is 14.5. The normalized spacial score (nSPS) is 17.0. The third-order valence-corrected chi connectivity index (χ3v) is 5.82. The van der Waals surface area contributed by atoms with E-state index >= 15 is 0 Å². The lowest BCUT2D eigenvalue weighted by Crippen LogP contribution is -2.19. The van der Waals surface area contributed by atoms with Crippen LogP contribution in [0.25, 0.3) is 11.3 Å². The van der Waals surface area contributed by atoms with Crippen molar-refractivity contribution in [3.05, 3.63) is 47.6 Å². The number of hydrogen-bond donors (Lipinski definition) is 1. The van der Waals surface area contributed by atoms with E-state index in [2.05, 4.69) is 20.4 Å². The molecule has 0 radical (unpaired) electrons. The van der Waals surface area contributed by atoms with Gasteiger partial charge in [-0.2, -0.15) is 5.10 Å². The van der Waals surface area contributed by atoms with Crippen molar-refractivity contribution in [2.75, 3.05) is 25.1 Å². The summed E-state index contributed by atoms with van der Waals surface area (Å²) < 4.78 is 27.4. The van der Waals surface area contributed by atoms with Crippen molar-refractivity contribution >= 4 is 23.2 Å². The van der Waals surface area contributed by atoms with E-state index in [9.17, 15) is 4.39 Å². The van der Waals surface area contributed by atoms with E-state index in [-0.39, 0.29) is 5.75 Å². The quantitative estimate of drug-likeness (QED) is 0.553. The Morgan fingerprint density at radius 3 is 2.81 bits per heavy atom. The number of anilines is 2. The van der Waals surface area contributed by atoms with Crippen molar-refractivity contribution in [3.8, 4) is 17.0 Å². The highest BCUT2D eigenvalue weighted by molar-refractivity contribution is 6.32. The molecule has 0 spiro atoms. The van der Waals surface area contributed by atoms with Crippen molar-refractivity contribution in [2.24, 2.45) is 5.92 Å². The molecule has 7 nitrogen and oxygen atoms in total. The molecule has 0 bridgehead atoms. The van der Waals surface area contributed by atoms with Crippen LogP contribution in [0, 0.1) is 11.7 Å². The molecule has 2 aliphatic rings. The van der Waals surface area contributed by atoms with Crippen LogP contribution in [-0.4, -0.2) is 39.6 Å². The number of hydrogen-bond acceptors (Lipinski definition) is 6. The second kappa shape index (κ2) is 8.80. The average molecular weight is 444 g/mol. The first-order valence-corrected chi connectivity index (χ1v) is 10.9. The Morgan fingerprint density at radius 2 is 2.03 bits per heavy atom. The summed E-state index contributed by atoms with van der Waals surface area (Å²) in [4.78, 5) is 8.74. The van der Waals surface area contributed by atoms with Gasteiger partial charge in [0, 0.05) is 25.0 Å². The molecule has 1 saturated heterocycles. The van der Waals surface area contributed by atoms with Gasteiger partial charge in [0.25, 0.3) is 0 Å². The van der Waals surface area contributed by atoms with Crippen LogP contribution >= 0.6 is 11.6 Å². The zero-order valence-corrected chi connectivity index (χ0v) is 17.7. The van der Waals surface area contributed by atoms with Gasteiger partial charge < -0.3 is 14.8 Å². The maximum Gasteiger partial charge on any atom is 0.227 e. The standard InChI is InChI=1S/C22H23ClFN5O2/c23-18-11-25-22(27-16-10-26-29(12-16)17-5-7-30-8-6-17)28-21(18)15-3-4-20(19(24)9-15)31-13-14-1-2-14/h3-4,9-12,14,17H,1-2,5-8,13H2,(H,25,27,28). The number of benzene rings is 1. The average Bonchev–Trinajstić information content (AvgIpc) is 3.51. The first kappa shape index (κ1) is 20.2. The highest BCUT2D eigenvalue weighted by atomic mass is 35.5. The summed E-state index contributed by atoms with van der Waals surface area (Å²) in [7, 11) is 0. The van der Waals surface area contributed by atoms with Crippen LogP contribution in [0.1, 0.15) is 31.7 Å². The van der Waals surface area contributed by atoms with Crippen LogP contribution in [0.4, 0.5) is 16.0 Å². The minimum atomic E-state index is -0.430. The highest BCUT2D eigenvalue weighted by Gasteiger charge is 2.23. The summed E-state index contributed by atoms with van der Waals surface area (Å²) in [6.07, 6.45) is 9.35. The van der Waals surface area contributed by atoms with Crippen molar-refractivity contribution in [1.29, 1.82) is 0 Å². The Labute approximate surface area is 184 Å². The van der Waals surface area contributed by atoms with Crippen molar-refractivity contribution in [3.63, 3.8) is 0 Å². The number of nitrogens with zero attached hydrogens (tertiary/aromatic N) is 4. The number of halogens is 2. The monoisotopic (exact) mass is 443 g/mol. The van der Waals surface area contributed by atoms with E-state index in [1.165, 1.54) is 12.3 Å². The molecule has 5 rings (SSSR count). The van der Waals surface area contributed by atoms with E-state index in [4.69, 9.17) is 21.1 Å². The first-order chi connectivity index (χ1) is 15.2. The number of aromatic nitrogens is 4. The van der Waals surface area contributed by atoms with Crippen LogP contribution in [0.5, 0.6) is 5.75 Å². The molecule has 2 fully saturated rings. The predicted octanol–water partition coefficient (Wildman–Crippen LogP) is 5.02. The second-order valence-corrected chi connectivity index (χ2v) is 8.37. The Kier molecular flexibility index (Phi) is 5.74. The molecule has 1 N–H and O–H groups in total. The molecule has 0 atom stereocenters. The molecular formula is C22H23ClFN5O2. The molecule has 1 aliphatic carbocycles. The van der Waals surface area contributed by atoms with Gasteiger partial charge in [-0.25, -0.2) is 14.4 Å². The Hall–Kier alpha value is -2.71. The number of nitrogens with one attached hydrogen (secondary N) is 1. The lowest BCUT2D eigenvalue weighted by molar-refractivity contribution is 0.0662. The molecule has 1 aromatic carbocycles. The Bertz CT molecular complexity index is 1070. The molecule has 1 saturated carbocycles. The van der Waals surface area contributed by atoms with E-state index < -0.39 is 5.82 Å². The minimum Gasteiger partial charge on any atom is -0.490 e. The van der Waals surface area contributed by atoms with Gasteiger partial charge in [-0.3, -0.25) is 4.68 Å². The Morgan fingerprint density at radius 1 is 1.19 bits per heavy atom. The third-order valence-electron chi connectivity index (χ3n) is 5.54. The van der Waals surface area contributed by atoms with E-state index in [1.807, 2.05) is 10.9 Å². The molecule has 31 heavy (non-hydrogen) atoms. The second-order valence-electron chi connectivity index (χ2n) is 7.97. The smallest absolute Gasteiger partial charge is 0.227 e. The van der Waals surface area contributed by atoms with Gasteiger partial charge in [-0.15, -0.1) is 0 Å². The van der Waals surface area contributed by atoms with Gasteiger partial charge in [0.15, 0.2) is 11.6 Å². The summed E-state index contributed by atoms with van der Waals surface area (Å²) in [5, 5.41) is 7.94. The Balaban J connectivity index is 1.32. The van der Waals surface area contributed by atoms with E-state index in [1.54, 1.807) is 18.3 Å². The molecular weight excluding hydrogens is 421 g/mol. The lowest BCUT2D eigenvalue weighted by Gasteiger charge is -2.22. The molecule has 1 aliphatic heterocycles. The summed E-state index contributed by atoms with van der Waals surface area (Å²) >= 11 is 6.31. The van der Waals surface area contributed by atoms with Crippen LogP contribution in [0.3, 0.4) is 0 Å². The third kappa shape index (κ3) is 4.80. The topological polar surface area (TPSA) is 74.1 Å². The number of rotatable bonds is 7. The van der Waals surface area contributed by atoms with Crippen molar-refractivity contribution in [1.82, 2.24) is 19.7 Å². The van der Waals surface area contributed by atoms with Gasteiger partial charge in [0.1, 0.15) is 0 Å². The molecule has 162 valence electrons. The fraction of sp³-hybridized carbons (Fsp3) is 0.409. The SMILES string of the molecule is Fc1cc(-c2nc(Nc3cnn(C4CCOCC4)c3)ncc2Cl)ccc1OCC1CC1. The molecule has 3 aromatic rings. The highest BCUT2D eigenvalue weighted by Crippen LogP contribution is 2.33. The first-order valence-electron chi connectivity index (χ1n) is 10.5. The van der Waals surface area contributed by atoms with Crippen LogP contribution in [-0.2, 0) is 4.74 Å². The summed E-state index contributed by atoms with van der Waals surface area (Å²) in [6.45, 7) is 2.05. The number of ether oxygens (including phenoxy) is 2. The van der Waals surface area contributed by atoms with Crippen LogP contribution < -0.4 is 10.1 Å². The van der Waals surface area contributed by atoms with Gasteiger partial charge >= 0.3 is 0 Å². The maximum atomic E-state index is 14.5. The molecule has 9 heteroatoms. The van der Waals surface area contributed by atoms with E-state index in [0.29, 0.717) is 40.8 Å². The fourth-order valence-electron chi connectivity index (χ4n) is 3.57. The predicted molar refractivity (Wildman–Crippen MR) is 115 cm³/mol. The fourth-order valence-corrected chi connectivity index (χ4v) is 3.77. The largest absolute Gasteiger partial charge is 0.490 e. The summed E-state index contributed by atoms with van der Waals surface area (Å²) in [6, 6.07) is 5.10. The summed E-state index contributed by atoms with van der Waals surface area (Å²) in [5.74, 6) is 0.736. The van der Waals surface area contributed by atoms with Crippen molar-refractivity contribution in [2.45, 2.75) is 31.7 Å². The van der Waals surface area contributed by atoms with Crippen LogP contribution in [0.15, 0.2) is 36.8 Å². The van der Waals surface area contributed by atoms with Gasteiger partial charge in [0.05, 0.1) is 41.4 Å². The molecule has 3 heterocycles. The molecule has 0 amide bonds.